The summed E-state index contributed by atoms with van der Waals surface area (Å²) in [5.41, 5.74) is 0. The maximum atomic E-state index is 13.0. The van der Waals surface area contributed by atoms with Crippen molar-refractivity contribution < 1.29 is 39.8 Å². The molecular formula is C59H111NO8. The Morgan fingerprint density at radius 3 is 1.24 bits per heavy atom. The van der Waals surface area contributed by atoms with E-state index in [1.807, 2.05) is 6.08 Å². The molecule has 1 aliphatic rings. The molecule has 1 rings (SSSR count). The van der Waals surface area contributed by atoms with E-state index in [-0.39, 0.29) is 12.5 Å². The number of nitrogens with one attached hydrogen (secondary N) is 1. The number of carbonyl (C=O) groups excluding carboxylic acids is 1. The minimum atomic E-state index is -1.57. The lowest BCUT2D eigenvalue weighted by Crippen LogP contribution is -2.60. The lowest BCUT2D eigenvalue weighted by Gasteiger charge is -2.40. The van der Waals surface area contributed by atoms with E-state index < -0.39 is 49.5 Å². The van der Waals surface area contributed by atoms with E-state index in [2.05, 4.69) is 43.5 Å². The van der Waals surface area contributed by atoms with E-state index in [0.29, 0.717) is 6.42 Å². The van der Waals surface area contributed by atoms with Crippen molar-refractivity contribution >= 4 is 5.91 Å². The van der Waals surface area contributed by atoms with Crippen LogP contribution in [0, 0.1) is 0 Å². The standard InChI is InChI=1S/C59H111NO8/c1-3-5-7-9-11-13-15-17-18-19-20-21-22-23-24-25-26-27-28-29-30-31-32-33-34-35-37-38-40-42-44-46-48-53(62)52(51-67-59-58(66)57(65)56(64)54(50-61)68-59)60-55(63)49-47-45-43-41-39-36-16-14-12-10-8-6-4-2/h33-34,38,40,46,48,52-54,56-59,61-62,64-66H,3-32,35-37,39,41-45,47,49-51H2,1-2H3,(H,60,63)/b34-33+,40-38+,48-46+. The van der Waals surface area contributed by atoms with Crippen LogP contribution >= 0.6 is 0 Å². The van der Waals surface area contributed by atoms with Crippen molar-refractivity contribution in [1.29, 1.82) is 0 Å². The fourth-order valence-electron chi connectivity index (χ4n) is 9.31. The summed E-state index contributed by atoms with van der Waals surface area (Å²) in [6.07, 6.45) is 56.7. The van der Waals surface area contributed by atoms with Gasteiger partial charge in [-0.15, -0.1) is 0 Å². The van der Waals surface area contributed by atoms with Gasteiger partial charge in [0.25, 0.3) is 0 Å². The number of aliphatic hydroxyl groups is 5. The van der Waals surface area contributed by atoms with Crippen LogP contribution in [0.25, 0.3) is 0 Å². The van der Waals surface area contributed by atoms with E-state index in [4.69, 9.17) is 9.47 Å². The van der Waals surface area contributed by atoms with Gasteiger partial charge >= 0.3 is 0 Å². The summed E-state index contributed by atoms with van der Waals surface area (Å²) in [5.74, 6) is -0.189. The molecule has 0 aromatic rings. The highest BCUT2D eigenvalue weighted by Crippen LogP contribution is 2.23. The Kier molecular flexibility index (Phi) is 46.4. The van der Waals surface area contributed by atoms with Gasteiger partial charge in [-0.05, 0) is 44.9 Å². The predicted octanol–water partition coefficient (Wildman–Crippen LogP) is 14.4. The van der Waals surface area contributed by atoms with Crippen molar-refractivity contribution in [2.75, 3.05) is 13.2 Å². The molecule has 1 saturated heterocycles. The second-order valence-corrected chi connectivity index (χ2v) is 20.4. The SMILES string of the molecule is CCCCCCCCCCCCCCCCCCCCCCCC/C=C/CC/C=C/CC/C=C/C(O)C(COC1OC(CO)C(O)C(O)C1O)NC(=O)CCCCCCCCCCCCCCC. The minimum Gasteiger partial charge on any atom is -0.394 e. The smallest absolute Gasteiger partial charge is 0.220 e. The van der Waals surface area contributed by atoms with Gasteiger partial charge in [0.1, 0.15) is 24.4 Å². The van der Waals surface area contributed by atoms with Crippen LogP contribution in [0.4, 0.5) is 0 Å². The van der Waals surface area contributed by atoms with Gasteiger partial charge in [0, 0.05) is 6.42 Å². The third-order valence-electron chi connectivity index (χ3n) is 13.9. The third-order valence-corrected chi connectivity index (χ3v) is 13.9. The average Bonchev–Trinajstić information content (AvgIpc) is 3.34. The average molecular weight is 963 g/mol. The number of hydrogen-bond acceptors (Lipinski definition) is 8. The Balaban J connectivity index is 2.18. The zero-order valence-electron chi connectivity index (χ0n) is 44.4. The van der Waals surface area contributed by atoms with Gasteiger partial charge in [-0.2, -0.15) is 0 Å². The Morgan fingerprint density at radius 2 is 0.838 bits per heavy atom. The monoisotopic (exact) mass is 962 g/mol. The number of aliphatic hydroxyl groups excluding tert-OH is 5. The molecule has 1 amide bonds. The fourth-order valence-corrected chi connectivity index (χ4v) is 9.31. The Labute approximate surface area is 419 Å². The molecule has 400 valence electrons. The second-order valence-electron chi connectivity index (χ2n) is 20.4. The number of allylic oxidation sites excluding steroid dienone is 5. The number of amides is 1. The normalized spacial score (nSPS) is 19.8. The predicted molar refractivity (Wildman–Crippen MR) is 286 cm³/mol. The van der Waals surface area contributed by atoms with Crippen LogP contribution in [0.3, 0.4) is 0 Å². The Hall–Kier alpha value is -1.59. The maximum Gasteiger partial charge on any atom is 0.220 e. The molecular weight excluding hydrogens is 851 g/mol. The van der Waals surface area contributed by atoms with Gasteiger partial charge in [-0.1, -0.05) is 262 Å². The number of carbonyl (C=O) groups is 1. The lowest BCUT2D eigenvalue weighted by atomic mass is 9.99. The highest BCUT2D eigenvalue weighted by atomic mass is 16.7. The molecule has 68 heavy (non-hydrogen) atoms. The van der Waals surface area contributed by atoms with Crippen molar-refractivity contribution in [3.63, 3.8) is 0 Å². The molecule has 7 atom stereocenters. The molecule has 0 aliphatic carbocycles. The third kappa shape index (κ3) is 38.1. The summed E-state index contributed by atoms with van der Waals surface area (Å²) in [4.78, 5) is 13.0. The minimum absolute atomic E-state index is 0.189. The molecule has 9 nitrogen and oxygen atoms in total. The van der Waals surface area contributed by atoms with Crippen molar-refractivity contribution in [1.82, 2.24) is 5.32 Å². The van der Waals surface area contributed by atoms with Crippen LogP contribution in [0.1, 0.15) is 277 Å². The zero-order chi connectivity index (χ0) is 49.4. The topological polar surface area (TPSA) is 149 Å². The van der Waals surface area contributed by atoms with Crippen LogP contribution < -0.4 is 5.32 Å². The molecule has 0 aromatic carbocycles. The largest absolute Gasteiger partial charge is 0.394 e. The first-order chi connectivity index (χ1) is 33.3. The van der Waals surface area contributed by atoms with E-state index in [1.165, 1.54) is 212 Å². The number of ether oxygens (including phenoxy) is 2. The van der Waals surface area contributed by atoms with Crippen molar-refractivity contribution in [3.8, 4) is 0 Å². The van der Waals surface area contributed by atoms with Crippen LogP contribution in [0.2, 0.25) is 0 Å². The van der Waals surface area contributed by atoms with E-state index >= 15 is 0 Å². The maximum absolute atomic E-state index is 13.0. The number of rotatable bonds is 50. The summed E-state index contributed by atoms with van der Waals surface area (Å²) < 4.78 is 11.2. The lowest BCUT2D eigenvalue weighted by molar-refractivity contribution is -0.302. The molecule has 0 aromatic heterocycles. The van der Waals surface area contributed by atoms with Gasteiger partial charge in [0.05, 0.1) is 25.4 Å². The van der Waals surface area contributed by atoms with Crippen LogP contribution in [0.5, 0.6) is 0 Å². The molecule has 7 unspecified atom stereocenters. The van der Waals surface area contributed by atoms with E-state index in [0.717, 1.165) is 44.9 Å². The number of unbranched alkanes of at least 4 members (excludes halogenated alkanes) is 36. The summed E-state index contributed by atoms with van der Waals surface area (Å²) in [7, 11) is 0. The first-order valence-electron chi connectivity index (χ1n) is 29.2. The zero-order valence-corrected chi connectivity index (χ0v) is 44.4. The van der Waals surface area contributed by atoms with Crippen molar-refractivity contribution in [2.24, 2.45) is 0 Å². The molecule has 1 fully saturated rings. The van der Waals surface area contributed by atoms with E-state index in [9.17, 15) is 30.3 Å². The molecule has 9 heteroatoms. The molecule has 0 saturated carbocycles. The molecule has 0 radical (unpaired) electrons. The highest BCUT2D eigenvalue weighted by molar-refractivity contribution is 5.76. The van der Waals surface area contributed by atoms with Crippen LogP contribution in [0.15, 0.2) is 36.5 Å². The number of hydrogen-bond donors (Lipinski definition) is 6. The van der Waals surface area contributed by atoms with Gasteiger partial charge in [-0.25, -0.2) is 0 Å². The van der Waals surface area contributed by atoms with Crippen LogP contribution in [-0.2, 0) is 14.3 Å². The molecule has 1 aliphatic heterocycles. The van der Waals surface area contributed by atoms with Crippen molar-refractivity contribution in [3.05, 3.63) is 36.5 Å². The van der Waals surface area contributed by atoms with Gasteiger partial charge in [-0.3, -0.25) is 4.79 Å². The Bertz CT molecular complexity index is 1160. The van der Waals surface area contributed by atoms with Crippen molar-refractivity contribution in [2.45, 2.75) is 320 Å². The molecule has 0 spiro atoms. The van der Waals surface area contributed by atoms with E-state index in [1.54, 1.807) is 6.08 Å². The second kappa shape index (κ2) is 49.0. The van der Waals surface area contributed by atoms with Crippen LogP contribution in [-0.4, -0.2) is 87.5 Å². The highest BCUT2D eigenvalue weighted by Gasteiger charge is 2.44. The van der Waals surface area contributed by atoms with Gasteiger partial charge in [0.2, 0.25) is 5.91 Å². The fraction of sp³-hybridized carbons (Fsp3) is 0.881. The Morgan fingerprint density at radius 1 is 0.485 bits per heavy atom. The molecule has 1 heterocycles. The quantitative estimate of drug-likeness (QED) is 0.0261. The van der Waals surface area contributed by atoms with Gasteiger partial charge in [0.15, 0.2) is 6.29 Å². The molecule has 0 bridgehead atoms. The molecule has 6 N–H and O–H groups in total. The summed E-state index contributed by atoms with van der Waals surface area (Å²) in [6.45, 7) is 3.77. The first-order valence-corrected chi connectivity index (χ1v) is 29.2. The van der Waals surface area contributed by atoms with Gasteiger partial charge < -0.3 is 40.3 Å². The summed E-state index contributed by atoms with van der Waals surface area (Å²) in [6, 6.07) is -0.825. The summed E-state index contributed by atoms with van der Waals surface area (Å²) in [5, 5.41) is 54.4. The first kappa shape index (κ1) is 64.4. The summed E-state index contributed by atoms with van der Waals surface area (Å²) >= 11 is 0.